The van der Waals surface area contributed by atoms with Gasteiger partial charge >= 0.3 is 0 Å². The maximum Gasteiger partial charge on any atom is 0.190 e. The van der Waals surface area contributed by atoms with Crippen molar-refractivity contribution in [3.8, 4) is 0 Å². The number of benzene rings is 1. The monoisotopic (exact) mass is 430 g/mol. The van der Waals surface area contributed by atoms with E-state index >= 15 is 0 Å². The molecule has 1 saturated heterocycles. The molecule has 0 radical (unpaired) electrons. The van der Waals surface area contributed by atoms with E-state index in [9.17, 15) is 0 Å². The minimum Gasteiger partial charge on any atom is -0.356 e. The van der Waals surface area contributed by atoms with Gasteiger partial charge in [-0.05, 0) is 51.8 Å². The molecular formula is C18H31IN4. The number of likely N-dealkylation sites (tertiary alicyclic amines) is 1. The Kier molecular flexibility index (Phi) is 8.91. The van der Waals surface area contributed by atoms with Crippen LogP contribution in [0.1, 0.15) is 23.1 Å². The molecule has 23 heavy (non-hydrogen) atoms. The lowest BCUT2D eigenvalue weighted by Crippen LogP contribution is -2.41. The molecule has 2 rings (SSSR count). The first kappa shape index (κ1) is 20.2. The van der Waals surface area contributed by atoms with Crippen molar-refractivity contribution >= 4 is 29.9 Å². The molecule has 1 aliphatic rings. The minimum atomic E-state index is 0. The van der Waals surface area contributed by atoms with Gasteiger partial charge in [-0.3, -0.25) is 4.99 Å². The van der Waals surface area contributed by atoms with Crippen molar-refractivity contribution in [1.29, 1.82) is 0 Å². The van der Waals surface area contributed by atoms with E-state index in [4.69, 9.17) is 0 Å². The molecule has 0 spiro atoms. The minimum absolute atomic E-state index is 0. The molecule has 2 N–H and O–H groups in total. The summed E-state index contributed by atoms with van der Waals surface area (Å²) in [6.07, 6.45) is 2.30. The van der Waals surface area contributed by atoms with Gasteiger partial charge in [-0.2, -0.15) is 0 Å². The first-order valence-electron chi connectivity index (χ1n) is 8.27. The quantitative estimate of drug-likeness (QED) is 0.429. The van der Waals surface area contributed by atoms with Crippen LogP contribution < -0.4 is 10.6 Å². The Bertz CT molecular complexity index is 495. The van der Waals surface area contributed by atoms with Crippen LogP contribution >= 0.6 is 24.0 Å². The van der Waals surface area contributed by atoms with Gasteiger partial charge in [-0.15, -0.1) is 24.0 Å². The van der Waals surface area contributed by atoms with E-state index in [-0.39, 0.29) is 24.0 Å². The van der Waals surface area contributed by atoms with Crippen molar-refractivity contribution < 1.29 is 0 Å². The molecule has 4 nitrogen and oxygen atoms in total. The fourth-order valence-corrected chi connectivity index (χ4v) is 3.19. The second-order valence-electron chi connectivity index (χ2n) is 6.54. The Labute approximate surface area is 158 Å². The molecule has 1 heterocycles. The predicted molar refractivity (Wildman–Crippen MR) is 110 cm³/mol. The zero-order valence-electron chi connectivity index (χ0n) is 14.9. The summed E-state index contributed by atoms with van der Waals surface area (Å²) in [4.78, 5) is 6.71. The van der Waals surface area contributed by atoms with Crippen LogP contribution in [-0.4, -0.2) is 51.1 Å². The molecule has 5 heteroatoms. The normalized spacial score (nSPS) is 18.6. The van der Waals surface area contributed by atoms with Gasteiger partial charge in [0.1, 0.15) is 0 Å². The van der Waals surface area contributed by atoms with Crippen molar-refractivity contribution in [2.75, 3.05) is 40.3 Å². The van der Waals surface area contributed by atoms with E-state index in [1.165, 1.54) is 36.2 Å². The number of aliphatic imine (C=N–C) groups is 1. The molecule has 0 aliphatic carbocycles. The Morgan fingerprint density at radius 1 is 1.22 bits per heavy atom. The van der Waals surface area contributed by atoms with Crippen molar-refractivity contribution in [2.24, 2.45) is 10.9 Å². The summed E-state index contributed by atoms with van der Waals surface area (Å²) in [6, 6.07) is 6.74. The summed E-state index contributed by atoms with van der Waals surface area (Å²) >= 11 is 0. The van der Waals surface area contributed by atoms with E-state index in [1.54, 1.807) is 0 Å². The predicted octanol–water partition coefficient (Wildman–Crippen LogP) is 2.58. The third-order valence-electron chi connectivity index (χ3n) is 4.26. The molecule has 0 saturated carbocycles. The van der Waals surface area contributed by atoms with E-state index in [0.29, 0.717) is 0 Å². The lowest BCUT2D eigenvalue weighted by atomic mass is 10.1. The van der Waals surface area contributed by atoms with Gasteiger partial charge in [-0.25, -0.2) is 0 Å². The second-order valence-corrected chi connectivity index (χ2v) is 6.54. The van der Waals surface area contributed by atoms with Crippen LogP contribution in [0.25, 0.3) is 0 Å². The van der Waals surface area contributed by atoms with E-state index in [2.05, 4.69) is 59.6 Å². The van der Waals surface area contributed by atoms with Crippen molar-refractivity contribution in [3.05, 3.63) is 34.9 Å². The van der Waals surface area contributed by atoms with Crippen LogP contribution in [0.3, 0.4) is 0 Å². The summed E-state index contributed by atoms with van der Waals surface area (Å²) in [5.41, 5.74) is 4.06. The van der Waals surface area contributed by atoms with Crippen LogP contribution in [0.5, 0.6) is 0 Å². The Morgan fingerprint density at radius 2 is 1.91 bits per heavy atom. The van der Waals surface area contributed by atoms with Crippen LogP contribution in [0.4, 0.5) is 0 Å². The van der Waals surface area contributed by atoms with Crippen LogP contribution in [0.15, 0.2) is 23.2 Å². The fourth-order valence-electron chi connectivity index (χ4n) is 3.19. The maximum atomic E-state index is 4.32. The zero-order valence-corrected chi connectivity index (χ0v) is 17.2. The Balaban J connectivity index is 0.00000264. The van der Waals surface area contributed by atoms with Crippen molar-refractivity contribution in [2.45, 2.75) is 26.7 Å². The Hall–Kier alpha value is -0.820. The fraction of sp³-hybridized carbons (Fsp3) is 0.611. The topological polar surface area (TPSA) is 39.7 Å². The largest absolute Gasteiger partial charge is 0.356 e. The summed E-state index contributed by atoms with van der Waals surface area (Å²) in [7, 11) is 4.03. The second kappa shape index (κ2) is 10.1. The number of hydrogen-bond donors (Lipinski definition) is 2. The van der Waals surface area contributed by atoms with E-state index in [0.717, 1.165) is 31.4 Å². The molecule has 1 aliphatic heterocycles. The molecule has 1 atom stereocenters. The molecule has 130 valence electrons. The van der Waals surface area contributed by atoms with Crippen LogP contribution in [-0.2, 0) is 6.42 Å². The van der Waals surface area contributed by atoms with Gasteiger partial charge in [0, 0.05) is 26.7 Å². The van der Waals surface area contributed by atoms with Crippen molar-refractivity contribution in [1.82, 2.24) is 15.5 Å². The standard InChI is InChI=1S/C18H30N4.HI/c1-14-9-15(2)11-16(10-14)5-7-20-18(19-3)21-12-17-6-8-22(4)13-17;/h9-11,17H,5-8,12-13H2,1-4H3,(H2,19,20,21);1H. The van der Waals surface area contributed by atoms with Gasteiger partial charge in [0.05, 0.1) is 0 Å². The van der Waals surface area contributed by atoms with Gasteiger partial charge in [0.25, 0.3) is 0 Å². The molecule has 1 aromatic carbocycles. The number of halogens is 1. The van der Waals surface area contributed by atoms with Gasteiger partial charge < -0.3 is 15.5 Å². The Morgan fingerprint density at radius 3 is 2.48 bits per heavy atom. The zero-order chi connectivity index (χ0) is 15.9. The smallest absolute Gasteiger partial charge is 0.190 e. The van der Waals surface area contributed by atoms with Crippen LogP contribution in [0.2, 0.25) is 0 Å². The summed E-state index contributed by atoms with van der Waals surface area (Å²) in [5.74, 6) is 1.65. The number of aryl methyl sites for hydroxylation is 2. The number of guanidine groups is 1. The first-order valence-corrected chi connectivity index (χ1v) is 8.27. The van der Waals surface area contributed by atoms with Crippen LogP contribution in [0, 0.1) is 19.8 Å². The van der Waals surface area contributed by atoms with Gasteiger partial charge in [0.15, 0.2) is 5.96 Å². The molecular weight excluding hydrogens is 399 g/mol. The molecule has 1 unspecified atom stereocenters. The average Bonchev–Trinajstić information content (AvgIpc) is 2.87. The highest BCUT2D eigenvalue weighted by atomic mass is 127. The molecule has 1 aromatic rings. The van der Waals surface area contributed by atoms with E-state index in [1.807, 2.05) is 7.05 Å². The first-order chi connectivity index (χ1) is 10.6. The molecule has 0 bridgehead atoms. The summed E-state index contributed by atoms with van der Waals surface area (Å²) < 4.78 is 0. The lowest BCUT2D eigenvalue weighted by molar-refractivity contribution is 0.394. The number of nitrogens with one attached hydrogen (secondary N) is 2. The third kappa shape index (κ3) is 7.08. The van der Waals surface area contributed by atoms with E-state index < -0.39 is 0 Å². The third-order valence-corrected chi connectivity index (χ3v) is 4.26. The van der Waals surface area contributed by atoms with Gasteiger partial charge in [-0.1, -0.05) is 29.3 Å². The highest BCUT2D eigenvalue weighted by molar-refractivity contribution is 14.0. The molecule has 0 aromatic heterocycles. The summed E-state index contributed by atoms with van der Waals surface area (Å²) in [5, 5.41) is 6.87. The maximum absolute atomic E-state index is 4.32. The number of rotatable bonds is 5. The van der Waals surface area contributed by atoms with Gasteiger partial charge in [0.2, 0.25) is 0 Å². The highest BCUT2D eigenvalue weighted by Crippen LogP contribution is 2.12. The lowest BCUT2D eigenvalue weighted by Gasteiger charge is -2.15. The highest BCUT2D eigenvalue weighted by Gasteiger charge is 2.19. The van der Waals surface area contributed by atoms with Crippen molar-refractivity contribution in [3.63, 3.8) is 0 Å². The number of hydrogen-bond acceptors (Lipinski definition) is 2. The number of nitrogens with zero attached hydrogens (tertiary/aromatic N) is 2. The molecule has 0 amide bonds. The molecule has 1 fully saturated rings. The SMILES string of the molecule is CN=C(NCCc1cc(C)cc(C)c1)NCC1CCN(C)C1.I. The summed E-state index contributed by atoms with van der Waals surface area (Å²) in [6.45, 7) is 8.63. The average molecular weight is 430 g/mol.